The van der Waals surface area contributed by atoms with Crippen molar-refractivity contribution in [1.82, 2.24) is 5.32 Å². The Morgan fingerprint density at radius 3 is 2.19 bits per heavy atom. The highest BCUT2D eigenvalue weighted by Crippen LogP contribution is 2.35. The van der Waals surface area contributed by atoms with Crippen molar-refractivity contribution in [1.29, 1.82) is 0 Å². The van der Waals surface area contributed by atoms with Gasteiger partial charge in [0.1, 0.15) is 5.82 Å². The number of halogens is 4. The van der Waals surface area contributed by atoms with Gasteiger partial charge in [0.25, 0.3) is 5.91 Å². The predicted molar refractivity (Wildman–Crippen MR) is 150 cm³/mol. The van der Waals surface area contributed by atoms with Crippen molar-refractivity contribution in [2.24, 2.45) is 0 Å². The number of benzene rings is 3. The highest BCUT2D eigenvalue weighted by molar-refractivity contribution is 5.96. The minimum absolute atomic E-state index is 0.0267. The molecule has 6 nitrogen and oxygen atoms in total. The van der Waals surface area contributed by atoms with Gasteiger partial charge in [0.05, 0.1) is 23.6 Å². The largest absolute Gasteiger partial charge is 0.481 e. The van der Waals surface area contributed by atoms with E-state index in [9.17, 15) is 31.9 Å². The second-order valence-electron chi connectivity index (χ2n) is 10.5. The van der Waals surface area contributed by atoms with Crippen LogP contribution in [0.1, 0.15) is 83.0 Å². The number of hydrogen-bond acceptors (Lipinski definition) is 3. The number of carboxylic acid groups (broad SMARTS) is 1. The fourth-order valence-electron chi connectivity index (χ4n) is 5.23. The first kappa shape index (κ1) is 30.7. The summed E-state index contributed by atoms with van der Waals surface area (Å²) in [7, 11) is 0. The first-order chi connectivity index (χ1) is 20.0. The number of nitrogens with one attached hydrogen (secondary N) is 2. The number of rotatable bonds is 10. The van der Waals surface area contributed by atoms with Crippen LogP contribution < -0.4 is 10.6 Å². The standard InChI is InChI=1S/C32H32F4N2O4/c33-27-15-14-25(32(34,35)36)19-28(27)38-31(42)26(23-12-10-22(11-13-23)21-4-2-1-3-5-21)18-20-6-8-24(9-7-20)30(41)37-17-16-29(39)40/h6-15,19,21,26H,1-5,16-18H2,(H,37,41)(H,38,42)(H,39,40). The van der Waals surface area contributed by atoms with E-state index in [0.717, 1.165) is 25.7 Å². The molecular weight excluding hydrogens is 552 g/mol. The van der Waals surface area contributed by atoms with Crippen molar-refractivity contribution in [2.75, 3.05) is 11.9 Å². The van der Waals surface area contributed by atoms with Crippen molar-refractivity contribution in [3.8, 4) is 0 Å². The number of anilines is 1. The zero-order chi connectivity index (χ0) is 30.3. The molecule has 3 N–H and O–H groups in total. The van der Waals surface area contributed by atoms with Gasteiger partial charge in [-0.1, -0.05) is 55.7 Å². The van der Waals surface area contributed by atoms with Crippen LogP contribution in [0.3, 0.4) is 0 Å². The van der Waals surface area contributed by atoms with Gasteiger partial charge in [-0.25, -0.2) is 4.39 Å². The average molecular weight is 585 g/mol. The van der Waals surface area contributed by atoms with Crippen LogP contribution in [0.15, 0.2) is 66.7 Å². The number of aliphatic carboxylic acids is 1. The van der Waals surface area contributed by atoms with E-state index >= 15 is 0 Å². The van der Waals surface area contributed by atoms with Gasteiger partial charge in [0, 0.05) is 12.1 Å². The number of carbonyl (C=O) groups is 3. The van der Waals surface area contributed by atoms with E-state index in [1.807, 2.05) is 24.3 Å². The van der Waals surface area contributed by atoms with Crippen LogP contribution in [-0.2, 0) is 22.2 Å². The Balaban J connectivity index is 1.57. The molecule has 1 unspecified atom stereocenters. The second-order valence-corrected chi connectivity index (χ2v) is 10.5. The molecule has 4 rings (SSSR count). The Hall–Kier alpha value is -4.21. The summed E-state index contributed by atoms with van der Waals surface area (Å²) in [5.41, 5.74) is 1.11. The minimum atomic E-state index is -4.71. The molecule has 2 amide bonds. The van der Waals surface area contributed by atoms with Gasteiger partial charge in [-0.15, -0.1) is 0 Å². The van der Waals surface area contributed by atoms with Crippen molar-refractivity contribution < 1.29 is 37.1 Å². The van der Waals surface area contributed by atoms with E-state index in [0.29, 0.717) is 40.8 Å². The third kappa shape index (κ3) is 8.18. The highest BCUT2D eigenvalue weighted by atomic mass is 19.4. The van der Waals surface area contributed by atoms with Crippen molar-refractivity contribution in [2.45, 2.75) is 63.0 Å². The Morgan fingerprint density at radius 1 is 0.905 bits per heavy atom. The van der Waals surface area contributed by atoms with Crippen molar-refractivity contribution in [3.63, 3.8) is 0 Å². The molecule has 3 aromatic carbocycles. The lowest BCUT2D eigenvalue weighted by atomic mass is 9.83. The smallest absolute Gasteiger partial charge is 0.416 e. The molecule has 1 saturated carbocycles. The third-order valence-electron chi connectivity index (χ3n) is 7.56. The molecule has 3 aromatic rings. The molecule has 222 valence electrons. The van der Waals surface area contributed by atoms with Crippen LogP contribution >= 0.6 is 0 Å². The topological polar surface area (TPSA) is 95.5 Å². The number of amides is 2. The summed E-state index contributed by atoms with van der Waals surface area (Å²) in [6.45, 7) is -0.0267. The summed E-state index contributed by atoms with van der Waals surface area (Å²) < 4.78 is 54.2. The quantitative estimate of drug-likeness (QED) is 0.222. The fourth-order valence-corrected chi connectivity index (χ4v) is 5.23. The molecule has 0 heterocycles. The molecule has 0 radical (unpaired) electrons. The van der Waals surface area contributed by atoms with Gasteiger partial charge in [-0.3, -0.25) is 14.4 Å². The Bertz CT molecular complexity index is 1400. The van der Waals surface area contributed by atoms with Crippen LogP contribution in [0.5, 0.6) is 0 Å². The minimum Gasteiger partial charge on any atom is -0.481 e. The maximum Gasteiger partial charge on any atom is 0.416 e. The molecule has 0 bridgehead atoms. The molecule has 1 aliphatic carbocycles. The van der Waals surface area contributed by atoms with Crippen LogP contribution in [0.2, 0.25) is 0 Å². The molecule has 42 heavy (non-hydrogen) atoms. The Kier molecular flexibility index (Phi) is 9.98. The maximum atomic E-state index is 14.5. The summed E-state index contributed by atoms with van der Waals surface area (Å²) in [6, 6.07) is 15.9. The van der Waals surface area contributed by atoms with Crippen LogP contribution in [-0.4, -0.2) is 29.4 Å². The molecule has 1 atom stereocenters. The van der Waals surface area contributed by atoms with Crippen LogP contribution in [0.4, 0.5) is 23.2 Å². The van der Waals surface area contributed by atoms with Crippen molar-refractivity contribution >= 4 is 23.5 Å². The average Bonchev–Trinajstić information content (AvgIpc) is 2.97. The number of carbonyl (C=O) groups excluding carboxylic acids is 2. The summed E-state index contributed by atoms with van der Waals surface area (Å²) in [5.74, 6) is -3.57. The molecule has 10 heteroatoms. The van der Waals surface area contributed by atoms with E-state index < -0.39 is 46.9 Å². The fraction of sp³-hybridized carbons (Fsp3) is 0.344. The molecule has 0 spiro atoms. The maximum absolute atomic E-state index is 14.5. The van der Waals surface area contributed by atoms with Crippen LogP contribution in [0, 0.1) is 5.82 Å². The zero-order valence-electron chi connectivity index (χ0n) is 22.8. The van der Waals surface area contributed by atoms with Gasteiger partial charge in [-0.2, -0.15) is 13.2 Å². The lowest BCUT2D eigenvalue weighted by molar-refractivity contribution is -0.138. The lowest BCUT2D eigenvalue weighted by Gasteiger charge is -2.23. The van der Waals surface area contributed by atoms with Gasteiger partial charge in [0.2, 0.25) is 5.91 Å². The Labute approximate surface area is 241 Å². The molecule has 0 saturated heterocycles. The second kappa shape index (κ2) is 13.6. The number of carboxylic acids is 1. The monoisotopic (exact) mass is 584 g/mol. The highest BCUT2D eigenvalue weighted by Gasteiger charge is 2.32. The lowest BCUT2D eigenvalue weighted by Crippen LogP contribution is -2.26. The summed E-state index contributed by atoms with van der Waals surface area (Å²) >= 11 is 0. The number of alkyl halides is 3. The summed E-state index contributed by atoms with van der Waals surface area (Å²) in [6.07, 6.45) is 0.932. The van der Waals surface area contributed by atoms with E-state index in [1.54, 1.807) is 24.3 Å². The molecule has 1 aliphatic rings. The molecular formula is C32H32F4N2O4. The first-order valence-corrected chi connectivity index (χ1v) is 13.9. The SMILES string of the molecule is O=C(O)CCNC(=O)c1ccc(CC(C(=O)Nc2cc(C(F)(F)F)ccc2F)c2ccc(C3CCCCC3)cc2)cc1. The molecule has 1 fully saturated rings. The van der Waals surface area contributed by atoms with E-state index in [2.05, 4.69) is 10.6 Å². The van der Waals surface area contributed by atoms with Gasteiger partial charge < -0.3 is 15.7 Å². The molecule has 0 aromatic heterocycles. The van der Waals surface area contributed by atoms with Gasteiger partial charge in [-0.05, 0) is 72.2 Å². The van der Waals surface area contributed by atoms with Gasteiger partial charge in [0.15, 0.2) is 0 Å². The molecule has 0 aliphatic heterocycles. The van der Waals surface area contributed by atoms with E-state index in [1.165, 1.54) is 12.0 Å². The van der Waals surface area contributed by atoms with E-state index in [-0.39, 0.29) is 19.4 Å². The van der Waals surface area contributed by atoms with Crippen molar-refractivity contribution in [3.05, 3.63) is 100 Å². The first-order valence-electron chi connectivity index (χ1n) is 13.9. The summed E-state index contributed by atoms with van der Waals surface area (Å²) in [4.78, 5) is 36.5. The normalized spacial score (nSPS) is 14.7. The summed E-state index contributed by atoms with van der Waals surface area (Å²) in [5, 5.41) is 13.6. The third-order valence-corrected chi connectivity index (χ3v) is 7.56. The zero-order valence-corrected chi connectivity index (χ0v) is 22.8. The predicted octanol–water partition coefficient (Wildman–Crippen LogP) is 7.06. The Morgan fingerprint density at radius 2 is 1.57 bits per heavy atom. The number of hydrogen-bond donors (Lipinski definition) is 3. The van der Waals surface area contributed by atoms with E-state index in [4.69, 9.17) is 5.11 Å². The van der Waals surface area contributed by atoms with Gasteiger partial charge >= 0.3 is 12.1 Å². The van der Waals surface area contributed by atoms with Crippen LogP contribution in [0.25, 0.3) is 0 Å².